The van der Waals surface area contributed by atoms with Crippen molar-refractivity contribution in [1.82, 2.24) is 0 Å². The summed E-state index contributed by atoms with van der Waals surface area (Å²) in [5.41, 5.74) is -0.579. The van der Waals surface area contributed by atoms with Gasteiger partial charge in [-0.2, -0.15) is 0 Å². The summed E-state index contributed by atoms with van der Waals surface area (Å²) in [6.07, 6.45) is 3.47. The molecule has 1 fully saturated rings. The molecule has 88 valence electrons. The van der Waals surface area contributed by atoms with Gasteiger partial charge in [-0.25, -0.2) is 0 Å². The molecular formula is C11H23BO3. The molecule has 0 aromatic carbocycles. The van der Waals surface area contributed by atoms with Gasteiger partial charge in [0.1, 0.15) is 0 Å². The number of unbranched alkanes of at least 4 members (excludes halogenated alkanes) is 2. The van der Waals surface area contributed by atoms with Crippen molar-refractivity contribution in [3.05, 3.63) is 0 Å². The van der Waals surface area contributed by atoms with Crippen LogP contribution in [-0.2, 0) is 14.0 Å². The number of hydrogen-bond donors (Lipinski definition) is 0. The fourth-order valence-electron chi connectivity index (χ4n) is 1.39. The molecule has 0 aromatic rings. The summed E-state index contributed by atoms with van der Waals surface area (Å²) in [4.78, 5) is 0. The van der Waals surface area contributed by atoms with Gasteiger partial charge in [0.2, 0.25) is 0 Å². The molecule has 0 spiro atoms. The van der Waals surface area contributed by atoms with E-state index in [2.05, 4.69) is 6.92 Å². The summed E-state index contributed by atoms with van der Waals surface area (Å²) in [5, 5.41) is 0. The van der Waals surface area contributed by atoms with Gasteiger partial charge in [-0.1, -0.05) is 19.8 Å². The lowest BCUT2D eigenvalue weighted by Crippen LogP contribution is -2.41. The maximum Gasteiger partial charge on any atom is 0.640 e. The minimum Gasteiger partial charge on any atom is -0.386 e. The van der Waals surface area contributed by atoms with Gasteiger partial charge in [0, 0.05) is 6.61 Å². The van der Waals surface area contributed by atoms with Crippen molar-refractivity contribution >= 4 is 7.32 Å². The van der Waals surface area contributed by atoms with Gasteiger partial charge in [-0.15, -0.1) is 0 Å². The summed E-state index contributed by atoms with van der Waals surface area (Å²) in [6.45, 7) is 11.0. The molecule has 0 atom stereocenters. The van der Waals surface area contributed by atoms with E-state index >= 15 is 0 Å². The van der Waals surface area contributed by atoms with Crippen molar-refractivity contribution in [1.29, 1.82) is 0 Å². The second kappa shape index (κ2) is 4.85. The summed E-state index contributed by atoms with van der Waals surface area (Å²) in [7, 11) is -0.494. The van der Waals surface area contributed by atoms with Crippen molar-refractivity contribution in [2.45, 2.75) is 65.1 Å². The summed E-state index contributed by atoms with van der Waals surface area (Å²) >= 11 is 0. The Hall–Kier alpha value is -0.0551. The van der Waals surface area contributed by atoms with Crippen LogP contribution in [-0.4, -0.2) is 25.1 Å². The van der Waals surface area contributed by atoms with E-state index in [0.717, 1.165) is 6.42 Å². The summed E-state index contributed by atoms with van der Waals surface area (Å²) in [6, 6.07) is 0. The zero-order valence-electron chi connectivity index (χ0n) is 10.6. The molecule has 3 nitrogen and oxygen atoms in total. The second-order valence-electron chi connectivity index (χ2n) is 5.12. The molecule has 0 saturated carbocycles. The van der Waals surface area contributed by atoms with Crippen LogP contribution in [0, 0.1) is 0 Å². The zero-order chi connectivity index (χ0) is 11.5. The summed E-state index contributed by atoms with van der Waals surface area (Å²) in [5.74, 6) is 0. The first kappa shape index (κ1) is 13.0. The average molecular weight is 214 g/mol. The first-order valence-electron chi connectivity index (χ1n) is 5.86. The maximum atomic E-state index is 5.70. The second-order valence-corrected chi connectivity index (χ2v) is 5.12. The van der Waals surface area contributed by atoms with Crippen molar-refractivity contribution < 1.29 is 14.0 Å². The van der Waals surface area contributed by atoms with E-state index in [-0.39, 0.29) is 11.2 Å². The predicted octanol–water partition coefficient (Wildman–Crippen LogP) is 2.78. The quantitative estimate of drug-likeness (QED) is 0.520. The van der Waals surface area contributed by atoms with Gasteiger partial charge >= 0.3 is 7.32 Å². The van der Waals surface area contributed by atoms with Crippen molar-refractivity contribution in [2.75, 3.05) is 6.61 Å². The molecule has 15 heavy (non-hydrogen) atoms. The standard InChI is InChI=1S/C11H23BO3/c1-6-7-8-9-13-12-14-10(2,3)11(4,5)15-12/h6-9H2,1-5H3. The van der Waals surface area contributed by atoms with Crippen LogP contribution >= 0.6 is 0 Å². The molecule has 0 aromatic heterocycles. The molecule has 1 aliphatic rings. The minimum absolute atomic E-state index is 0.289. The molecule has 1 heterocycles. The molecule has 0 radical (unpaired) electrons. The molecule has 0 N–H and O–H groups in total. The highest BCUT2D eigenvalue weighted by Crippen LogP contribution is 2.36. The molecule has 1 rings (SSSR count). The van der Waals surface area contributed by atoms with E-state index in [1.807, 2.05) is 27.7 Å². The van der Waals surface area contributed by atoms with Crippen LogP contribution in [0.3, 0.4) is 0 Å². The van der Waals surface area contributed by atoms with E-state index in [9.17, 15) is 0 Å². The van der Waals surface area contributed by atoms with Gasteiger partial charge < -0.3 is 14.0 Å². The Morgan fingerprint density at radius 3 is 2.00 bits per heavy atom. The highest BCUT2D eigenvalue weighted by molar-refractivity contribution is 6.37. The summed E-state index contributed by atoms with van der Waals surface area (Å²) < 4.78 is 16.9. The third kappa shape index (κ3) is 3.20. The fourth-order valence-corrected chi connectivity index (χ4v) is 1.39. The Morgan fingerprint density at radius 1 is 1.00 bits per heavy atom. The Labute approximate surface area is 93.7 Å². The van der Waals surface area contributed by atoms with Crippen molar-refractivity contribution in [3.63, 3.8) is 0 Å². The molecule has 1 aliphatic heterocycles. The van der Waals surface area contributed by atoms with E-state index in [1.165, 1.54) is 12.8 Å². The highest BCUT2D eigenvalue weighted by Gasteiger charge is 2.52. The fraction of sp³-hybridized carbons (Fsp3) is 1.00. The van der Waals surface area contributed by atoms with Crippen LogP contribution in [0.25, 0.3) is 0 Å². The smallest absolute Gasteiger partial charge is 0.386 e. The number of hydrogen-bond acceptors (Lipinski definition) is 3. The van der Waals surface area contributed by atoms with E-state index in [0.29, 0.717) is 6.61 Å². The van der Waals surface area contributed by atoms with Gasteiger partial charge in [-0.3, -0.25) is 0 Å². The van der Waals surface area contributed by atoms with Crippen LogP contribution in [0.2, 0.25) is 0 Å². The first-order chi connectivity index (χ1) is 6.89. The van der Waals surface area contributed by atoms with Crippen LogP contribution < -0.4 is 0 Å². The maximum absolute atomic E-state index is 5.70. The molecule has 0 amide bonds. The van der Waals surface area contributed by atoms with Crippen LogP contribution in [0.4, 0.5) is 0 Å². The Morgan fingerprint density at radius 2 is 1.53 bits per heavy atom. The van der Waals surface area contributed by atoms with Crippen LogP contribution in [0.1, 0.15) is 53.9 Å². The van der Waals surface area contributed by atoms with Gasteiger partial charge in [0.15, 0.2) is 0 Å². The monoisotopic (exact) mass is 214 g/mol. The molecule has 0 aliphatic carbocycles. The van der Waals surface area contributed by atoms with E-state index in [4.69, 9.17) is 14.0 Å². The Balaban J connectivity index is 2.30. The SMILES string of the molecule is CCCCCOB1OC(C)(C)C(C)(C)O1. The highest BCUT2D eigenvalue weighted by atomic mass is 16.8. The topological polar surface area (TPSA) is 27.7 Å². The van der Waals surface area contributed by atoms with E-state index < -0.39 is 7.32 Å². The van der Waals surface area contributed by atoms with Gasteiger partial charge in [-0.05, 0) is 34.1 Å². The van der Waals surface area contributed by atoms with E-state index in [1.54, 1.807) is 0 Å². The largest absolute Gasteiger partial charge is 0.640 e. The van der Waals surface area contributed by atoms with Gasteiger partial charge in [0.05, 0.1) is 11.2 Å². The zero-order valence-corrected chi connectivity index (χ0v) is 10.6. The molecule has 0 unspecified atom stereocenters. The minimum atomic E-state index is -0.494. The predicted molar refractivity (Wildman–Crippen MR) is 61.6 cm³/mol. The lowest BCUT2D eigenvalue weighted by atomic mass is 9.90. The molecular weight excluding hydrogens is 191 g/mol. The lowest BCUT2D eigenvalue weighted by Gasteiger charge is -2.31. The van der Waals surface area contributed by atoms with Crippen LogP contribution in [0.5, 0.6) is 0 Å². The third-order valence-corrected chi connectivity index (χ3v) is 3.23. The Bertz CT molecular complexity index is 188. The molecule has 0 bridgehead atoms. The Kier molecular flexibility index (Phi) is 4.21. The molecule has 1 saturated heterocycles. The third-order valence-electron chi connectivity index (χ3n) is 3.23. The van der Waals surface area contributed by atoms with Gasteiger partial charge in [0.25, 0.3) is 0 Å². The average Bonchev–Trinajstić information content (AvgIpc) is 2.30. The van der Waals surface area contributed by atoms with Crippen molar-refractivity contribution in [3.8, 4) is 0 Å². The van der Waals surface area contributed by atoms with Crippen LogP contribution in [0.15, 0.2) is 0 Å². The first-order valence-corrected chi connectivity index (χ1v) is 5.86. The normalized spacial score (nSPS) is 23.4. The van der Waals surface area contributed by atoms with Crippen molar-refractivity contribution in [2.24, 2.45) is 0 Å². The lowest BCUT2D eigenvalue weighted by molar-refractivity contribution is 0.00578. The number of rotatable bonds is 5. The molecule has 4 heteroatoms.